The lowest BCUT2D eigenvalue weighted by Gasteiger charge is -2.16. The van der Waals surface area contributed by atoms with Gasteiger partial charge in [0.15, 0.2) is 0 Å². The van der Waals surface area contributed by atoms with E-state index in [1.807, 2.05) is 43.3 Å². The van der Waals surface area contributed by atoms with E-state index in [-0.39, 0.29) is 6.61 Å². The van der Waals surface area contributed by atoms with Gasteiger partial charge in [-0.05, 0) is 96.8 Å². The molecule has 0 aliphatic heterocycles. The predicted octanol–water partition coefficient (Wildman–Crippen LogP) is 4.52. The number of nitrogens with one attached hydrogen (secondary N) is 2. The Kier molecular flexibility index (Phi) is 7.24. The van der Waals surface area contributed by atoms with Crippen LogP contribution < -0.4 is 15.4 Å². The molecule has 1 aromatic heterocycles. The van der Waals surface area contributed by atoms with Crippen molar-refractivity contribution < 1.29 is 9.84 Å². The summed E-state index contributed by atoms with van der Waals surface area (Å²) in [6.45, 7) is 0.806. The number of hydrogen-bond donors (Lipinski definition) is 3. The van der Waals surface area contributed by atoms with E-state index >= 15 is 0 Å². The molecule has 3 N–H and O–H groups in total. The molecular formula is C24H28BrN5O2. The fraction of sp³-hybridized carbons (Fsp3) is 0.333. The van der Waals surface area contributed by atoms with Crippen molar-refractivity contribution in [2.75, 3.05) is 37.9 Å². The monoisotopic (exact) mass is 497 g/mol. The Balaban J connectivity index is 1.38. The van der Waals surface area contributed by atoms with Crippen molar-refractivity contribution in [2.45, 2.75) is 25.4 Å². The molecule has 168 valence electrons. The van der Waals surface area contributed by atoms with Gasteiger partial charge in [0.05, 0.1) is 4.47 Å². The smallest absolute Gasteiger partial charge is 0.229 e. The van der Waals surface area contributed by atoms with E-state index in [1.165, 1.54) is 24.0 Å². The normalized spacial score (nSPS) is 13.7. The number of likely N-dealkylation sites (N-methyl/N-ethyl adjacent to an activating group) is 1. The summed E-state index contributed by atoms with van der Waals surface area (Å²) in [7, 11) is 3.83. The minimum absolute atomic E-state index is 0.249. The van der Waals surface area contributed by atoms with Gasteiger partial charge in [0.1, 0.15) is 24.3 Å². The Morgan fingerprint density at radius 2 is 1.81 bits per heavy atom. The van der Waals surface area contributed by atoms with Gasteiger partial charge < -0.3 is 25.4 Å². The molecule has 2 aromatic carbocycles. The molecule has 8 heteroatoms. The molecule has 7 nitrogen and oxygen atoms in total. The van der Waals surface area contributed by atoms with Crippen LogP contribution in [0.2, 0.25) is 0 Å². The van der Waals surface area contributed by atoms with Crippen LogP contribution in [0.1, 0.15) is 17.5 Å². The highest BCUT2D eigenvalue weighted by molar-refractivity contribution is 9.10. The molecule has 0 saturated carbocycles. The topological polar surface area (TPSA) is 82.5 Å². The standard InChI is InChI=1S/C24H28BrN5O2/c1-30(2)14-20(31)15-32-21-10-8-18(9-11-21)28-24-26-13-22(25)23(29-24)27-19-7-6-16-4-3-5-17(16)12-19/h6-13,20,31H,3-5,14-15H2,1-2H3,(H2,26,27,28,29). The number of aryl methyl sites for hydroxylation is 2. The van der Waals surface area contributed by atoms with E-state index in [2.05, 4.69) is 54.7 Å². The summed E-state index contributed by atoms with van der Waals surface area (Å²) < 4.78 is 6.45. The Hall–Kier alpha value is -2.68. The number of halogens is 1. The SMILES string of the molecule is CN(C)CC(O)COc1ccc(Nc2ncc(Br)c(Nc3ccc4c(c3)CCC4)n2)cc1. The van der Waals surface area contributed by atoms with Gasteiger partial charge in [-0.3, -0.25) is 0 Å². The van der Waals surface area contributed by atoms with Gasteiger partial charge in [-0.25, -0.2) is 4.98 Å². The van der Waals surface area contributed by atoms with Crippen molar-refractivity contribution in [3.8, 4) is 5.75 Å². The molecule has 32 heavy (non-hydrogen) atoms. The zero-order chi connectivity index (χ0) is 22.5. The van der Waals surface area contributed by atoms with Gasteiger partial charge in [-0.2, -0.15) is 4.98 Å². The first-order chi connectivity index (χ1) is 15.5. The fourth-order valence-electron chi connectivity index (χ4n) is 3.73. The van der Waals surface area contributed by atoms with Crippen LogP contribution in [0.25, 0.3) is 0 Å². The van der Waals surface area contributed by atoms with E-state index in [0.29, 0.717) is 24.1 Å². The van der Waals surface area contributed by atoms with Crippen molar-refractivity contribution in [2.24, 2.45) is 0 Å². The van der Waals surface area contributed by atoms with Crippen LogP contribution in [-0.4, -0.2) is 53.3 Å². The van der Waals surface area contributed by atoms with Gasteiger partial charge in [-0.1, -0.05) is 6.07 Å². The zero-order valence-corrected chi connectivity index (χ0v) is 19.9. The number of nitrogens with zero attached hydrogens (tertiary/aromatic N) is 3. The lowest BCUT2D eigenvalue weighted by atomic mass is 10.1. The summed E-state index contributed by atoms with van der Waals surface area (Å²) in [6.07, 6.45) is 4.73. The third-order valence-corrected chi connectivity index (χ3v) is 5.81. The maximum atomic E-state index is 9.92. The van der Waals surface area contributed by atoms with Crippen LogP contribution in [0.5, 0.6) is 5.75 Å². The van der Waals surface area contributed by atoms with Crippen molar-refractivity contribution in [3.05, 3.63) is 64.3 Å². The summed E-state index contributed by atoms with van der Waals surface area (Å²) >= 11 is 3.53. The second-order valence-electron chi connectivity index (χ2n) is 8.23. The van der Waals surface area contributed by atoms with Gasteiger partial charge in [0.25, 0.3) is 0 Å². The average Bonchev–Trinajstić information content (AvgIpc) is 3.23. The molecule has 0 fully saturated rings. The second kappa shape index (κ2) is 10.3. The lowest BCUT2D eigenvalue weighted by molar-refractivity contribution is 0.0831. The molecular weight excluding hydrogens is 470 g/mol. The first-order valence-corrected chi connectivity index (χ1v) is 11.5. The molecule has 1 aliphatic rings. The van der Waals surface area contributed by atoms with Gasteiger partial charge in [-0.15, -0.1) is 0 Å². The lowest BCUT2D eigenvalue weighted by Crippen LogP contribution is -2.30. The average molecular weight is 498 g/mol. The van der Waals surface area contributed by atoms with E-state index < -0.39 is 6.10 Å². The van der Waals surface area contributed by atoms with Crippen molar-refractivity contribution >= 4 is 39.1 Å². The molecule has 0 spiro atoms. The number of ether oxygens (including phenoxy) is 1. The molecule has 0 radical (unpaired) electrons. The van der Waals surface area contributed by atoms with Crippen LogP contribution in [0.3, 0.4) is 0 Å². The molecule has 1 unspecified atom stereocenters. The van der Waals surface area contributed by atoms with Crippen molar-refractivity contribution in [1.82, 2.24) is 14.9 Å². The van der Waals surface area contributed by atoms with E-state index in [0.717, 1.165) is 22.3 Å². The number of aliphatic hydroxyl groups is 1. The van der Waals surface area contributed by atoms with Crippen LogP contribution in [0.4, 0.5) is 23.1 Å². The summed E-state index contributed by atoms with van der Waals surface area (Å²) in [6, 6.07) is 14.0. The maximum absolute atomic E-state index is 9.92. The highest BCUT2D eigenvalue weighted by Crippen LogP contribution is 2.29. The minimum Gasteiger partial charge on any atom is -0.491 e. The predicted molar refractivity (Wildman–Crippen MR) is 131 cm³/mol. The number of benzene rings is 2. The molecule has 4 rings (SSSR count). The van der Waals surface area contributed by atoms with Gasteiger partial charge in [0, 0.05) is 24.1 Å². The Morgan fingerprint density at radius 3 is 2.59 bits per heavy atom. The van der Waals surface area contributed by atoms with Crippen LogP contribution in [0, 0.1) is 0 Å². The number of hydrogen-bond acceptors (Lipinski definition) is 7. The number of anilines is 4. The molecule has 1 heterocycles. The fourth-order valence-corrected chi connectivity index (χ4v) is 4.02. The molecule has 0 bridgehead atoms. The molecule has 3 aromatic rings. The van der Waals surface area contributed by atoms with Gasteiger partial charge >= 0.3 is 0 Å². The first kappa shape index (κ1) is 22.5. The minimum atomic E-state index is -0.532. The van der Waals surface area contributed by atoms with Crippen LogP contribution >= 0.6 is 15.9 Å². The molecule has 0 saturated heterocycles. The number of rotatable bonds is 9. The molecule has 1 aliphatic carbocycles. The highest BCUT2D eigenvalue weighted by atomic mass is 79.9. The van der Waals surface area contributed by atoms with Crippen molar-refractivity contribution in [1.29, 1.82) is 0 Å². The van der Waals surface area contributed by atoms with E-state index in [1.54, 1.807) is 6.20 Å². The Labute approximate surface area is 197 Å². The largest absolute Gasteiger partial charge is 0.491 e. The highest BCUT2D eigenvalue weighted by Gasteiger charge is 2.12. The molecule has 1 atom stereocenters. The van der Waals surface area contributed by atoms with Gasteiger partial charge in [0.2, 0.25) is 5.95 Å². The third-order valence-electron chi connectivity index (χ3n) is 5.23. The van der Waals surface area contributed by atoms with E-state index in [4.69, 9.17) is 4.74 Å². The summed E-state index contributed by atoms with van der Waals surface area (Å²) in [4.78, 5) is 10.9. The Bertz CT molecular complexity index is 1060. The third kappa shape index (κ3) is 5.97. The maximum Gasteiger partial charge on any atom is 0.229 e. The zero-order valence-electron chi connectivity index (χ0n) is 18.3. The summed E-state index contributed by atoms with van der Waals surface area (Å²) in [5.74, 6) is 1.89. The van der Waals surface area contributed by atoms with Crippen LogP contribution in [-0.2, 0) is 12.8 Å². The molecule has 0 amide bonds. The van der Waals surface area contributed by atoms with E-state index in [9.17, 15) is 5.11 Å². The number of fused-ring (bicyclic) bond motifs is 1. The quantitative estimate of drug-likeness (QED) is 0.400. The van der Waals surface area contributed by atoms with Crippen molar-refractivity contribution in [3.63, 3.8) is 0 Å². The summed E-state index contributed by atoms with van der Waals surface area (Å²) in [5.41, 5.74) is 4.72. The Morgan fingerprint density at radius 1 is 1.06 bits per heavy atom. The number of aliphatic hydroxyl groups excluding tert-OH is 1. The first-order valence-electron chi connectivity index (χ1n) is 10.7. The summed E-state index contributed by atoms with van der Waals surface area (Å²) in [5, 5.41) is 16.5. The number of aromatic nitrogens is 2. The van der Waals surface area contributed by atoms with Crippen LogP contribution in [0.15, 0.2) is 53.1 Å². The second-order valence-corrected chi connectivity index (χ2v) is 9.08.